The lowest BCUT2D eigenvalue weighted by Gasteiger charge is -2.18. The van der Waals surface area contributed by atoms with Crippen LogP contribution in [-0.2, 0) is 53.3 Å². The third-order valence-electron chi connectivity index (χ3n) is 11.1. The van der Waals surface area contributed by atoms with Crippen molar-refractivity contribution in [2.24, 2.45) is 17.2 Å². The van der Waals surface area contributed by atoms with E-state index in [2.05, 4.69) is 92.4 Å². The summed E-state index contributed by atoms with van der Waals surface area (Å²) in [7, 11) is 2.94. The number of benzene rings is 5. The molecule has 38 nitrogen and oxygen atoms in total. The van der Waals surface area contributed by atoms with Crippen LogP contribution in [0.5, 0.6) is 17.2 Å². The van der Waals surface area contributed by atoms with Gasteiger partial charge < -0.3 is 109 Å². The molecule has 0 heterocycles. The number of para-hydroxylation sites is 3. The molecule has 0 aliphatic rings. The van der Waals surface area contributed by atoms with Gasteiger partial charge in [-0.25, -0.2) is 57.5 Å². The molecule has 0 aliphatic carbocycles. The molecule has 5 aromatic rings. The number of thiol groups is 3. The van der Waals surface area contributed by atoms with Gasteiger partial charge in [0.2, 0.25) is 5.91 Å². The molecule has 5 rings (SSSR count). The quantitative estimate of drug-likeness (QED) is 0.00900. The molecular weight excluding hydrogens is 1640 g/mol. The van der Waals surface area contributed by atoms with Crippen LogP contribution in [0.4, 0.5) is 19.2 Å². The third-order valence-corrected chi connectivity index (χ3v) is 12.3. The number of aliphatic carboxylic acids is 1. The number of rotatable bonds is 15. The van der Waals surface area contributed by atoms with Crippen molar-refractivity contribution in [2.75, 3.05) is 52.5 Å². The molecule has 43 heteroatoms. The van der Waals surface area contributed by atoms with Gasteiger partial charge in [0.25, 0.3) is 0 Å². The number of aryl methyl sites for hydroxylation is 2. The average Bonchev–Trinajstić information content (AvgIpc) is 0.888. The van der Waals surface area contributed by atoms with Gasteiger partial charge >= 0.3 is 82.5 Å². The first-order valence-electron chi connectivity index (χ1n) is 33.7. The molecule has 5 aromatic carbocycles. The summed E-state index contributed by atoms with van der Waals surface area (Å²) in [5, 5.41) is 75.2. The Bertz CT molecular complexity index is 3760. The maximum Gasteiger partial charge on any atom is 0.407 e. The van der Waals surface area contributed by atoms with E-state index < -0.39 is 82.3 Å². The lowest BCUT2D eigenvalue weighted by atomic mass is 10.1. The van der Waals surface area contributed by atoms with Gasteiger partial charge in [0.1, 0.15) is 70.2 Å². The predicted molar refractivity (Wildman–Crippen MR) is 452 cm³/mol. The number of thiocarbonyl (C=S) groups is 1. The van der Waals surface area contributed by atoms with Crippen molar-refractivity contribution < 1.29 is 141 Å². The number of amides is 6. The van der Waals surface area contributed by atoms with Gasteiger partial charge in [0.15, 0.2) is 0 Å². The van der Waals surface area contributed by atoms with Crippen molar-refractivity contribution in [3.63, 3.8) is 0 Å². The van der Waals surface area contributed by atoms with E-state index in [-0.39, 0.29) is 98.6 Å². The summed E-state index contributed by atoms with van der Waals surface area (Å²) in [5.41, 5.74) is 14.7. The second-order valence-electron chi connectivity index (χ2n) is 23.9. The Balaban J connectivity index is -0.000000192. The third kappa shape index (κ3) is 70.8. The number of hydrogen-bond acceptors (Lipinski definition) is 29. The number of alkyl carbamates (subject to hydrolysis) is 3. The van der Waals surface area contributed by atoms with Crippen LogP contribution in [0.1, 0.15) is 147 Å². The Morgan fingerprint density at radius 2 is 0.726 bits per heavy atom. The molecule has 21 N–H and O–H groups in total. The number of esters is 4. The van der Waals surface area contributed by atoms with Crippen molar-refractivity contribution >= 4 is 143 Å². The van der Waals surface area contributed by atoms with E-state index in [0.717, 1.165) is 11.1 Å². The lowest BCUT2D eigenvalue weighted by molar-refractivity contribution is -0.141. The number of nitrogens with one attached hydrogen (secondary N) is 6. The number of aromatic carboxylic acids is 3. The van der Waals surface area contributed by atoms with Crippen molar-refractivity contribution in [3.05, 3.63) is 160 Å². The smallest absolute Gasteiger partial charge is 0.407 e. The number of terminal acetylenes is 1. The number of ether oxygens (including phenoxy) is 5. The van der Waals surface area contributed by atoms with Crippen LogP contribution in [0, 0.1) is 26.7 Å². The standard InChI is InChI=1S/C13H15NO3S2.C11H12N2O5S.C8H8O2.2C7H6O3.C6H11NO3S.3C6H13NO2.C2H2.2CH5N.H2O4S/c1-8-5-3-4-6-10(8)12(15)17-13(16)11(7-18)14-9(2)19;12-11(17)13-7(5-19)10(16)18-9(15)6-3-1-2-4-8(6)14;1-6-4-2-3-5-7(6)8(9)10;2*8-6-4-2-1-3-5(6)7(9)10;1-2-5(8)7-4(3-11)6(9)10;3*1-6(2,3)9-5(8)7-4;3*1-2;1-5(2,3)4/h3-6,11,18H,7H2,1-2H3,(H,14,19);1-4,7,14,19H,5H2,(H3,12,13,17);2-5H,1H3,(H,9,10);2*1-4,8H,(H,9,10);4,11H,2-3H2,1H3,(H,7,8)(H,9,10);3*1-4H3,(H,7,8);1-2H;2*2H2,1H3;(H2,1,2,3,4)/i;;;;;;;;;1D;;;. The average molecular weight is 1750 g/mol. The number of urea groups is 1. The second kappa shape index (κ2) is 67.8. The zero-order valence-corrected chi connectivity index (χ0v) is 72.1. The minimum atomic E-state index is -4.67. The monoisotopic (exact) mass is 1750 g/mol. The molecule has 0 aliphatic heterocycles. The molecule has 6 amide bonds. The fraction of sp³-hybridized carbons (Fsp3) is 0.378. The van der Waals surface area contributed by atoms with Gasteiger partial charge in [0.05, 0.1) is 16.1 Å². The van der Waals surface area contributed by atoms with Crippen LogP contribution in [0.2, 0.25) is 0 Å². The van der Waals surface area contributed by atoms with Crippen molar-refractivity contribution in [1.29, 1.82) is 0 Å². The molecule has 0 bridgehead atoms. The van der Waals surface area contributed by atoms with Gasteiger partial charge in [0, 0.05) is 44.8 Å². The summed E-state index contributed by atoms with van der Waals surface area (Å²) >= 11 is 16.5. The van der Waals surface area contributed by atoms with E-state index in [1.807, 2.05) is 74.4 Å². The van der Waals surface area contributed by atoms with Crippen LogP contribution < -0.4 is 49.1 Å². The van der Waals surface area contributed by atoms with E-state index in [0.29, 0.717) is 16.1 Å². The number of carboxylic acid groups (broad SMARTS) is 4. The molecule has 0 aromatic heterocycles. The largest absolute Gasteiger partial charge is 0.507 e. The Morgan fingerprint density at radius 3 is 0.923 bits per heavy atom. The predicted octanol–water partition coefficient (Wildman–Crippen LogP) is 7.89. The van der Waals surface area contributed by atoms with Gasteiger partial charge in [-0.1, -0.05) is 91.9 Å². The van der Waals surface area contributed by atoms with Gasteiger partial charge in [-0.3, -0.25) is 13.9 Å². The molecule has 0 spiro atoms. The Morgan fingerprint density at radius 1 is 0.479 bits per heavy atom. The zero-order valence-electron chi connectivity index (χ0n) is 68.8. The molecule has 117 heavy (non-hydrogen) atoms. The Labute approximate surface area is 703 Å². The van der Waals surface area contributed by atoms with Gasteiger partial charge in [-0.05, 0) is 157 Å². The van der Waals surface area contributed by atoms with Crippen LogP contribution >= 0.6 is 50.1 Å². The van der Waals surface area contributed by atoms with Gasteiger partial charge in [-0.15, -0.1) is 12.8 Å². The summed E-state index contributed by atoms with van der Waals surface area (Å²) in [6, 6.07) is 27.3. The van der Waals surface area contributed by atoms with E-state index in [1.165, 1.54) is 90.2 Å². The highest BCUT2D eigenvalue weighted by Crippen LogP contribution is 2.19. The number of hydrogen-bond donors (Lipinski definition) is 21. The summed E-state index contributed by atoms with van der Waals surface area (Å²) in [5.74, 6) is -8.31. The minimum Gasteiger partial charge on any atom is -0.507 e. The lowest BCUT2D eigenvalue weighted by Crippen LogP contribution is -2.46. The first kappa shape index (κ1) is 119. The fourth-order valence-corrected chi connectivity index (χ4v) is 7.12. The van der Waals surface area contributed by atoms with E-state index >= 15 is 0 Å². The van der Waals surface area contributed by atoms with Gasteiger partial charge in [-0.2, -0.15) is 46.3 Å². The van der Waals surface area contributed by atoms with Crippen LogP contribution in [-0.4, -0.2) is 224 Å². The highest BCUT2D eigenvalue weighted by atomic mass is 32.3. The normalized spacial score (nSPS) is 10.4. The summed E-state index contributed by atoms with van der Waals surface area (Å²) in [4.78, 5) is 141. The van der Waals surface area contributed by atoms with E-state index in [9.17, 15) is 67.4 Å². The summed E-state index contributed by atoms with van der Waals surface area (Å²) < 4.78 is 61.2. The van der Waals surface area contributed by atoms with Crippen LogP contribution in [0.25, 0.3) is 0 Å². The summed E-state index contributed by atoms with van der Waals surface area (Å²) in [6.07, 6.45) is 4.89. The molecule has 0 saturated carbocycles. The van der Waals surface area contributed by atoms with Crippen molar-refractivity contribution in [2.45, 2.75) is 131 Å². The highest BCUT2D eigenvalue weighted by Gasteiger charge is 2.26. The number of nitrogens with two attached hydrogens (primary N) is 3. The number of carbonyl (C=O) groups is 13. The van der Waals surface area contributed by atoms with Crippen molar-refractivity contribution in [1.82, 2.24) is 31.9 Å². The number of carbonyl (C=O) groups excluding carboxylic acids is 9. The molecule has 0 fully saturated rings. The number of phenols is 3. The molecule has 656 valence electrons. The molecule has 0 saturated heterocycles. The molecular formula is C74H111N9O29S5. The topological polar surface area (TPSA) is 635 Å². The maximum absolute atomic E-state index is 11.9. The second-order valence-corrected chi connectivity index (χ2v) is 26.5. The summed E-state index contributed by atoms with van der Waals surface area (Å²) in [6.45, 7) is 23.3. The number of carboxylic acids is 4. The fourth-order valence-electron chi connectivity index (χ4n) is 6.25. The van der Waals surface area contributed by atoms with Crippen molar-refractivity contribution in [3.8, 4) is 30.1 Å². The SMILES string of the molecule is CC(=S)NC(CS)C(=O)OC(=O)c1ccccc1C.CCC(=O)NC(CS)C(=O)O.CN.CN.CNC(=O)OC(C)(C)C.CNC(=O)OC(C)(C)C.CNC(=O)OC(C)(C)C.Cc1ccccc1C(=O)O.NC(=O)NC(CS)C(=O)OC(=O)c1ccccc1O.O=C(O)c1ccccc1O.O=C(O)c1ccccc1O.O=S(=O)(O)O.[2H]C#C. The Kier molecular flexibility index (Phi) is 68.8. The number of phenolic OH excluding ortho intramolecular Hbond substituents is 1. The maximum atomic E-state index is 11.9. The van der Waals surface area contributed by atoms with E-state index in [4.69, 9.17) is 86.4 Å². The first-order chi connectivity index (χ1) is 54.4. The number of primary amides is 1. The molecule has 3 unspecified atom stereocenters. The van der Waals surface area contributed by atoms with Crippen LogP contribution in [0.3, 0.4) is 0 Å². The first-order valence-corrected chi connectivity index (χ1v) is 37.0. The zero-order chi connectivity index (χ0) is 94.0. The van der Waals surface area contributed by atoms with E-state index in [1.54, 1.807) is 88.4 Å². The molecule has 3 atom stereocenters. The number of aromatic hydroxyl groups is 3. The molecule has 0 radical (unpaired) electrons. The van der Waals surface area contributed by atoms with Crippen LogP contribution in [0.15, 0.2) is 121 Å². The highest BCUT2D eigenvalue weighted by molar-refractivity contribution is 7.81. The minimum absolute atomic E-state index is 0.0671. The Hall–Kier alpha value is -11.5.